The van der Waals surface area contributed by atoms with Gasteiger partial charge in [0.1, 0.15) is 12.4 Å². The van der Waals surface area contributed by atoms with E-state index in [1.807, 2.05) is 54.6 Å². The van der Waals surface area contributed by atoms with Gasteiger partial charge in [-0.15, -0.1) is 0 Å². The van der Waals surface area contributed by atoms with E-state index in [1.54, 1.807) is 0 Å². The molecule has 3 aromatic carbocycles. The maximum Gasteiger partial charge on any atom is 0.303 e. The third-order valence-corrected chi connectivity index (χ3v) is 4.96. The van der Waals surface area contributed by atoms with E-state index < -0.39 is 5.97 Å². The first kappa shape index (κ1) is 19.7. The molecule has 0 unspecified atom stereocenters. The Bertz CT molecular complexity index is 902. The van der Waals surface area contributed by atoms with E-state index in [0.29, 0.717) is 13.0 Å². The number of ether oxygens (including phenoxy) is 1. The third kappa shape index (κ3) is 5.71. The maximum atomic E-state index is 11.1. The fraction of sp³-hybridized carbons (Fsp3) is 0.240. The standard InChI is InChI=1S/C25H26O3/c1-19-8-5-6-13-24(19)22(14-15-25(26)27)16-21-11-7-12-23(17-21)28-18-20-9-3-2-4-10-20/h2-13,17,22H,14-16,18H2,1H3,(H,26,27)/t22-/m1/s1. The van der Waals surface area contributed by atoms with Crippen LogP contribution in [0.4, 0.5) is 0 Å². The van der Waals surface area contributed by atoms with E-state index in [-0.39, 0.29) is 12.3 Å². The first-order valence-corrected chi connectivity index (χ1v) is 9.65. The van der Waals surface area contributed by atoms with Crippen LogP contribution in [0.2, 0.25) is 0 Å². The average Bonchev–Trinajstić information content (AvgIpc) is 2.71. The van der Waals surface area contributed by atoms with Crippen LogP contribution in [0.25, 0.3) is 0 Å². The Kier molecular flexibility index (Phi) is 6.85. The van der Waals surface area contributed by atoms with Gasteiger partial charge >= 0.3 is 5.97 Å². The van der Waals surface area contributed by atoms with Crippen molar-refractivity contribution in [3.63, 3.8) is 0 Å². The molecule has 0 heterocycles. The molecule has 0 aliphatic carbocycles. The monoisotopic (exact) mass is 374 g/mol. The van der Waals surface area contributed by atoms with Gasteiger partial charge in [0.2, 0.25) is 0 Å². The van der Waals surface area contributed by atoms with Crippen LogP contribution in [0.15, 0.2) is 78.9 Å². The second-order valence-corrected chi connectivity index (χ2v) is 7.11. The minimum atomic E-state index is -0.751. The van der Waals surface area contributed by atoms with Gasteiger partial charge in [0.25, 0.3) is 0 Å². The lowest BCUT2D eigenvalue weighted by Gasteiger charge is -2.19. The first-order valence-electron chi connectivity index (χ1n) is 9.65. The van der Waals surface area contributed by atoms with Crippen molar-refractivity contribution in [2.24, 2.45) is 0 Å². The van der Waals surface area contributed by atoms with Gasteiger partial charge in [0.15, 0.2) is 0 Å². The minimum absolute atomic E-state index is 0.168. The zero-order valence-electron chi connectivity index (χ0n) is 16.2. The van der Waals surface area contributed by atoms with Gasteiger partial charge in [-0.2, -0.15) is 0 Å². The number of aliphatic carboxylic acids is 1. The van der Waals surface area contributed by atoms with Crippen molar-refractivity contribution >= 4 is 5.97 Å². The molecule has 0 bridgehead atoms. The molecule has 0 spiro atoms. The Balaban J connectivity index is 1.73. The average molecular weight is 374 g/mol. The highest BCUT2D eigenvalue weighted by atomic mass is 16.5. The molecule has 1 N–H and O–H groups in total. The number of carbonyl (C=O) groups is 1. The van der Waals surface area contributed by atoms with E-state index in [2.05, 4.69) is 31.2 Å². The number of hydrogen-bond acceptors (Lipinski definition) is 2. The van der Waals surface area contributed by atoms with Crippen LogP contribution < -0.4 is 4.74 Å². The molecule has 3 rings (SSSR count). The zero-order chi connectivity index (χ0) is 19.8. The van der Waals surface area contributed by atoms with Gasteiger partial charge in [-0.3, -0.25) is 4.79 Å². The normalized spacial score (nSPS) is 11.8. The molecule has 28 heavy (non-hydrogen) atoms. The van der Waals surface area contributed by atoms with Crippen LogP contribution in [0.1, 0.15) is 41.0 Å². The molecule has 0 aliphatic rings. The molecule has 0 aromatic heterocycles. The second kappa shape index (κ2) is 9.75. The van der Waals surface area contributed by atoms with Crippen LogP contribution in [-0.2, 0) is 17.8 Å². The van der Waals surface area contributed by atoms with Crippen LogP contribution in [-0.4, -0.2) is 11.1 Å². The van der Waals surface area contributed by atoms with Crippen LogP contribution in [0, 0.1) is 6.92 Å². The Labute approximate surface area is 166 Å². The zero-order valence-corrected chi connectivity index (χ0v) is 16.2. The molecule has 3 nitrogen and oxygen atoms in total. The number of carboxylic acid groups (broad SMARTS) is 1. The van der Waals surface area contributed by atoms with Crippen molar-refractivity contribution < 1.29 is 14.6 Å². The minimum Gasteiger partial charge on any atom is -0.489 e. The summed E-state index contributed by atoms with van der Waals surface area (Å²) < 4.78 is 5.95. The van der Waals surface area contributed by atoms with E-state index in [0.717, 1.165) is 23.3 Å². The predicted molar refractivity (Wildman–Crippen MR) is 112 cm³/mol. The van der Waals surface area contributed by atoms with Crippen molar-refractivity contribution in [2.75, 3.05) is 0 Å². The quantitative estimate of drug-likeness (QED) is 0.517. The number of aryl methyl sites for hydroxylation is 1. The van der Waals surface area contributed by atoms with E-state index in [4.69, 9.17) is 9.84 Å². The molecular weight excluding hydrogens is 348 g/mol. The van der Waals surface area contributed by atoms with E-state index in [9.17, 15) is 4.79 Å². The summed E-state index contributed by atoms with van der Waals surface area (Å²) >= 11 is 0. The number of rotatable bonds is 9. The number of benzene rings is 3. The Hall–Kier alpha value is -3.07. The lowest BCUT2D eigenvalue weighted by Crippen LogP contribution is -2.08. The van der Waals surface area contributed by atoms with Gasteiger partial charge in [0, 0.05) is 6.42 Å². The van der Waals surface area contributed by atoms with Gasteiger partial charge in [-0.1, -0.05) is 66.7 Å². The highest BCUT2D eigenvalue weighted by Gasteiger charge is 2.16. The summed E-state index contributed by atoms with van der Waals surface area (Å²) in [5.41, 5.74) is 4.71. The van der Waals surface area contributed by atoms with E-state index in [1.165, 1.54) is 11.1 Å². The summed E-state index contributed by atoms with van der Waals surface area (Å²) in [6.45, 7) is 2.62. The summed E-state index contributed by atoms with van der Waals surface area (Å²) in [5.74, 6) is 0.253. The summed E-state index contributed by atoms with van der Waals surface area (Å²) in [7, 11) is 0. The highest BCUT2D eigenvalue weighted by molar-refractivity contribution is 5.66. The molecule has 0 saturated carbocycles. The molecule has 3 heteroatoms. The Morgan fingerprint density at radius 1 is 0.929 bits per heavy atom. The van der Waals surface area contributed by atoms with Crippen LogP contribution >= 0.6 is 0 Å². The molecule has 0 aliphatic heterocycles. The number of hydrogen-bond donors (Lipinski definition) is 1. The molecular formula is C25H26O3. The van der Waals surface area contributed by atoms with Gasteiger partial charge in [-0.25, -0.2) is 0 Å². The summed E-state index contributed by atoms with van der Waals surface area (Å²) in [6.07, 6.45) is 1.58. The highest BCUT2D eigenvalue weighted by Crippen LogP contribution is 2.29. The summed E-state index contributed by atoms with van der Waals surface area (Å²) in [5, 5.41) is 9.15. The maximum absolute atomic E-state index is 11.1. The largest absolute Gasteiger partial charge is 0.489 e. The number of carboxylic acids is 1. The third-order valence-electron chi connectivity index (χ3n) is 4.96. The molecule has 0 fully saturated rings. The summed E-state index contributed by atoms with van der Waals surface area (Å²) in [4.78, 5) is 11.1. The fourth-order valence-electron chi connectivity index (χ4n) is 3.50. The molecule has 0 saturated heterocycles. The van der Waals surface area contributed by atoms with Crippen molar-refractivity contribution in [1.82, 2.24) is 0 Å². The smallest absolute Gasteiger partial charge is 0.303 e. The molecule has 3 aromatic rings. The fourth-order valence-corrected chi connectivity index (χ4v) is 3.50. The molecule has 144 valence electrons. The Morgan fingerprint density at radius 2 is 1.64 bits per heavy atom. The predicted octanol–water partition coefficient (Wildman–Crippen LogP) is 5.77. The van der Waals surface area contributed by atoms with Crippen molar-refractivity contribution in [3.05, 3.63) is 101 Å². The van der Waals surface area contributed by atoms with Crippen molar-refractivity contribution in [1.29, 1.82) is 0 Å². The molecule has 1 atom stereocenters. The van der Waals surface area contributed by atoms with E-state index >= 15 is 0 Å². The van der Waals surface area contributed by atoms with Crippen molar-refractivity contribution in [3.8, 4) is 5.75 Å². The van der Waals surface area contributed by atoms with Gasteiger partial charge in [0.05, 0.1) is 0 Å². The van der Waals surface area contributed by atoms with Crippen LogP contribution in [0.5, 0.6) is 5.75 Å². The first-order chi connectivity index (χ1) is 13.6. The van der Waals surface area contributed by atoms with Gasteiger partial charge in [-0.05, 0) is 60.1 Å². The Morgan fingerprint density at radius 3 is 2.39 bits per heavy atom. The lowest BCUT2D eigenvalue weighted by atomic mass is 9.86. The topological polar surface area (TPSA) is 46.5 Å². The van der Waals surface area contributed by atoms with Crippen molar-refractivity contribution in [2.45, 2.75) is 38.7 Å². The molecule has 0 radical (unpaired) electrons. The van der Waals surface area contributed by atoms with Crippen LogP contribution in [0.3, 0.4) is 0 Å². The molecule has 0 amide bonds. The van der Waals surface area contributed by atoms with Gasteiger partial charge < -0.3 is 9.84 Å². The summed E-state index contributed by atoms with van der Waals surface area (Å²) in [6, 6.07) is 26.4. The second-order valence-electron chi connectivity index (χ2n) is 7.11. The lowest BCUT2D eigenvalue weighted by molar-refractivity contribution is -0.137. The SMILES string of the molecule is Cc1ccccc1[C@H](CCC(=O)O)Cc1cccc(OCc2ccccc2)c1.